The van der Waals surface area contributed by atoms with Crippen LogP contribution in [0.2, 0.25) is 0 Å². The van der Waals surface area contributed by atoms with Gasteiger partial charge in [0.05, 0.1) is 11.4 Å². The van der Waals surface area contributed by atoms with E-state index in [0.717, 1.165) is 65.7 Å². The molecule has 0 aliphatic carbocycles. The highest BCUT2D eigenvalue weighted by Crippen LogP contribution is 2.36. The first-order valence-electron chi connectivity index (χ1n) is 10.1. The number of anilines is 2. The van der Waals surface area contributed by atoms with Gasteiger partial charge in [-0.15, -0.1) is 0 Å². The fourth-order valence-corrected chi connectivity index (χ4v) is 3.74. The Hall–Kier alpha value is -2.63. The van der Waals surface area contributed by atoms with Gasteiger partial charge in [-0.3, -0.25) is 0 Å². The smallest absolute Gasteiger partial charge is 0.157 e. The summed E-state index contributed by atoms with van der Waals surface area (Å²) in [6, 6.07) is 4.19. The first-order chi connectivity index (χ1) is 13.4. The van der Waals surface area contributed by atoms with Crippen molar-refractivity contribution in [3.63, 3.8) is 0 Å². The Kier molecular flexibility index (Phi) is 5.87. The third-order valence-corrected chi connectivity index (χ3v) is 4.99. The molecule has 0 bridgehead atoms. The van der Waals surface area contributed by atoms with E-state index in [-0.39, 0.29) is 0 Å². The minimum Gasteiger partial charge on any atom is -0.363 e. The predicted molar refractivity (Wildman–Crippen MR) is 118 cm³/mol. The molecule has 3 rings (SSSR count). The number of aromatic nitrogens is 4. The molecule has 28 heavy (non-hydrogen) atoms. The monoisotopic (exact) mass is 380 g/mol. The molecule has 0 radical (unpaired) electrons. The Morgan fingerprint density at radius 3 is 2.25 bits per heavy atom. The van der Waals surface area contributed by atoms with Crippen LogP contribution < -0.4 is 9.80 Å². The van der Waals surface area contributed by atoms with Crippen molar-refractivity contribution < 1.29 is 0 Å². The van der Waals surface area contributed by atoms with E-state index in [0.29, 0.717) is 0 Å². The van der Waals surface area contributed by atoms with Gasteiger partial charge in [0.1, 0.15) is 11.6 Å². The van der Waals surface area contributed by atoms with E-state index in [9.17, 15) is 0 Å². The van der Waals surface area contributed by atoms with E-state index in [4.69, 9.17) is 10.1 Å². The van der Waals surface area contributed by atoms with Crippen molar-refractivity contribution in [1.82, 2.24) is 19.6 Å². The number of pyridine rings is 1. The molecule has 6 nitrogen and oxygen atoms in total. The lowest BCUT2D eigenvalue weighted by atomic mass is 10.0. The highest BCUT2D eigenvalue weighted by Gasteiger charge is 2.22. The minimum absolute atomic E-state index is 0.904. The molecule has 0 fully saturated rings. The molecule has 0 aliphatic heterocycles. The van der Waals surface area contributed by atoms with Gasteiger partial charge < -0.3 is 9.80 Å². The molecule has 0 saturated carbocycles. The summed E-state index contributed by atoms with van der Waals surface area (Å²) in [6.07, 6.45) is 4.15. The van der Waals surface area contributed by atoms with Gasteiger partial charge in [0.15, 0.2) is 5.65 Å². The second kappa shape index (κ2) is 8.17. The van der Waals surface area contributed by atoms with E-state index >= 15 is 0 Å². The van der Waals surface area contributed by atoms with Crippen LogP contribution in [0.15, 0.2) is 18.3 Å². The van der Waals surface area contributed by atoms with E-state index in [2.05, 4.69) is 49.7 Å². The lowest BCUT2D eigenvalue weighted by Crippen LogP contribution is -2.28. The highest BCUT2D eigenvalue weighted by atomic mass is 15.4. The topological polar surface area (TPSA) is 49.6 Å². The summed E-state index contributed by atoms with van der Waals surface area (Å²) in [5.74, 6) is 2.09. The third-order valence-electron chi connectivity index (χ3n) is 4.99. The van der Waals surface area contributed by atoms with Crippen LogP contribution in [-0.4, -0.2) is 46.8 Å². The molecule has 0 aromatic carbocycles. The maximum Gasteiger partial charge on any atom is 0.157 e. The molecule has 0 saturated heterocycles. The number of hydrogen-bond donors (Lipinski definition) is 0. The van der Waals surface area contributed by atoms with Crippen molar-refractivity contribution in [2.75, 3.05) is 37.0 Å². The Morgan fingerprint density at radius 2 is 1.68 bits per heavy atom. The number of fused-ring (bicyclic) bond motifs is 1. The molecule has 3 aromatic heterocycles. The first-order valence-corrected chi connectivity index (χ1v) is 10.1. The van der Waals surface area contributed by atoms with Crippen LogP contribution in [0.3, 0.4) is 0 Å². The molecule has 0 aliphatic rings. The molecule has 150 valence electrons. The molecule has 0 unspecified atom stereocenters. The standard InChI is InChI=1S/C22H32N6/c1-8-10-27(11-9-2)22-21(17(5)24-20-13-16(4)25-28(20)22)18-14-23-19(26(6)7)12-15(18)3/h12-14H,8-11H2,1-7H3. The lowest BCUT2D eigenvalue weighted by Gasteiger charge is -2.28. The Morgan fingerprint density at radius 1 is 1.00 bits per heavy atom. The van der Waals surface area contributed by atoms with Crippen LogP contribution in [0, 0.1) is 20.8 Å². The van der Waals surface area contributed by atoms with Crippen LogP contribution in [0.1, 0.15) is 43.6 Å². The van der Waals surface area contributed by atoms with Gasteiger partial charge in [0.25, 0.3) is 0 Å². The zero-order chi connectivity index (χ0) is 20.4. The largest absolute Gasteiger partial charge is 0.363 e. The van der Waals surface area contributed by atoms with Crippen LogP contribution in [0.25, 0.3) is 16.8 Å². The van der Waals surface area contributed by atoms with E-state index in [1.807, 2.05) is 36.6 Å². The fourth-order valence-electron chi connectivity index (χ4n) is 3.74. The number of nitrogens with zero attached hydrogens (tertiary/aromatic N) is 6. The van der Waals surface area contributed by atoms with Crippen molar-refractivity contribution in [3.05, 3.63) is 35.3 Å². The van der Waals surface area contributed by atoms with Crippen molar-refractivity contribution in [2.45, 2.75) is 47.5 Å². The van der Waals surface area contributed by atoms with E-state index in [1.54, 1.807) is 0 Å². The SMILES string of the molecule is CCCN(CCC)c1c(-c2cnc(N(C)C)cc2C)c(C)nc2cc(C)nn12. The lowest BCUT2D eigenvalue weighted by molar-refractivity contribution is 0.714. The average molecular weight is 381 g/mol. The fraction of sp³-hybridized carbons (Fsp3) is 0.500. The Labute approximate surface area is 168 Å². The third kappa shape index (κ3) is 3.68. The van der Waals surface area contributed by atoms with Crippen LogP contribution in [-0.2, 0) is 0 Å². The Balaban J connectivity index is 2.32. The summed E-state index contributed by atoms with van der Waals surface area (Å²) in [5, 5.41) is 4.79. The normalized spacial score (nSPS) is 11.2. The molecule has 0 N–H and O–H groups in total. The van der Waals surface area contributed by atoms with Gasteiger partial charge in [-0.1, -0.05) is 13.8 Å². The first kappa shape index (κ1) is 20.1. The van der Waals surface area contributed by atoms with Gasteiger partial charge in [-0.25, -0.2) is 9.97 Å². The summed E-state index contributed by atoms with van der Waals surface area (Å²) in [5.41, 5.74) is 6.35. The van der Waals surface area contributed by atoms with Gasteiger partial charge in [-0.2, -0.15) is 9.61 Å². The zero-order valence-corrected chi connectivity index (χ0v) is 18.2. The molecule has 0 atom stereocenters. The second-order valence-corrected chi connectivity index (χ2v) is 7.69. The zero-order valence-electron chi connectivity index (χ0n) is 18.2. The highest BCUT2D eigenvalue weighted by molar-refractivity contribution is 5.82. The minimum atomic E-state index is 0.904. The molecule has 0 spiro atoms. The average Bonchev–Trinajstić information content (AvgIpc) is 3.00. The van der Waals surface area contributed by atoms with Gasteiger partial charge >= 0.3 is 0 Å². The van der Waals surface area contributed by atoms with Gasteiger partial charge in [0.2, 0.25) is 0 Å². The summed E-state index contributed by atoms with van der Waals surface area (Å²) >= 11 is 0. The molecule has 3 aromatic rings. The number of rotatable bonds is 7. The second-order valence-electron chi connectivity index (χ2n) is 7.69. The Bertz CT molecular complexity index is 967. The molecule has 3 heterocycles. The van der Waals surface area contributed by atoms with Crippen LogP contribution in [0.4, 0.5) is 11.6 Å². The number of hydrogen-bond acceptors (Lipinski definition) is 5. The van der Waals surface area contributed by atoms with Crippen molar-refractivity contribution in [1.29, 1.82) is 0 Å². The summed E-state index contributed by atoms with van der Waals surface area (Å²) < 4.78 is 2.02. The maximum atomic E-state index is 4.87. The van der Waals surface area contributed by atoms with Gasteiger partial charge in [0, 0.05) is 50.6 Å². The predicted octanol–water partition coefficient (Wildman–Crippen LogP) is 4.41. The molecular formula is C22H32N6. The van der Waals surface area contributed by atoms with Crippen LogP contribution in [0.5, 0.6) is 0 Å². The summed E-state index contributed by atoms with van der Waals surface area (Å²) in [7, 11) is 4.03. The molecule has 0 amide bonds. The van der Waals surface area contributed by atoms with Crippen molar-refractivity contribution in [3.8, 4) is 11.1 Å². The van der Waals surface area contributed by atoms with Crippen molar-refractivity contribution in [2.24, 2.45) is 0 Å². The van der Waals surface area contributed by atoms with E-state index < -0.39 is 0 Å². The van der Waals surface area contributed by atoms with Crippen molar-refractivity contribution >= 4 is 17.3 Å². The molecule has 6 heteroatoms. The summed E-state index contributed by atoms with van der Waals surface area (Å²) in [6.45, 7) is 12.7. The number of aryl methyl sites for hydroxylation is 3. The molecular weight excluding hydrogens is 348 g/mol. The summed E-state index contributed by atoms with van der Waals surface area (Å²) in [4.78, 5) is 14.0. The quantitative estimate of drug-likeness (QED) is 0.608. The maximum absolute atomic E-state index is 4.87. The van der Waals surface area contributed by atoms with Crippen LogP contribution >= 0.6 is 0 Å². The van der Waals surface area contributed by atoms with Gasteiger partial charge in [-0.05, 0) is 45.2 Å². The van der Waals surface area contributed by atoms with E-state index in [1.165, 1.54) is 5.56 Å².